The second-order valence-electron chi connectivity index (χ2n) is 10.0. The second kappa shape index (κ2) is 11.2. The summed E-state index contributed by atoms with van der Waals surface area (Å²) in [6.45, 7) is 4.38. The summed E-state index contributed by atoms with van der Waals surface area (Å²) >= 11 is 0. The molecular weight excluding hydrogens is 454 g/mol. The summed E-state index contributed by atoms with van der Waals surface area (Å²) in [7, 11) is 1.65. The van der Waals surface area contributed by atoms with Crippen LogP contribution in [0.25, 0.3) is 0 Å². The maximum Gasteiger partial charge on any atom is 0.254 e. The lowest BCUT2D eigenvalue weighted by atomic mass is 9.85. The average Bonchev–Trinajstić information content (AvgIpc) is 3.32. The summed E-state index contributed by atoms with van der Waals surface area (Å²) in [5, 5.41) is 12.4. The highest BCUT2D eigenvalue weighted by Gasteiger charge is 2.47. The van der Waals surface area contributed by atoms with Crippen LogP contribution in [0.1, 0.15) is 53.7 Å². The molecule has 0 aromatic heterocycles. The normalized spacial score (nSPS) is 20.0. The Hall–Kier alpha value is -3.19. The Morgan fingerprint density at radius 1 is 1.06 bits per heavy atom. The maximum atomic E-state index is 14.1. The van der Waals surface area contributed by atoms with Crippen LogP contribution in [0.15, 0.2) is 48.5 Å². The Labute approximate surface area is 213 Å². The number of benzene rings is 2. The van der Waals surface area contributed by atoms with Gasteiger partial charge in [0.1, 0.15) is 12.1 Å². The molecule has 0 bridgehead atoms. The van der Waals surface area contributed by atoms with Crippen molar-refractivity contribution < 1.29 is 19.5 Å². The Kier molecular flexibility index (Phi) is 8.09. The third-order valence-electron chi connectivity index (χ3n) is 7.87. The van der Waals surface area contributed by atoms with Gasteiger partial charge in [-0.1, -0.05) is 69.2 Å². The summed E-state index contributed by atoms with van der Waals surface area (Å²) in [5.74, 6) is -0.358. The number of rotatable bonds is 9. The molecule has 2 aliphatic rings. The molecule has 1 aliphatic carbocycles. The molecule has 1 saturated heterocycles. The molecular formula is C29H37N3O4. The molecule has 2 atom stereocenters. The number of piperazine rings is 1. The molecule has 1 aliphatic heterocycles. The average molecular weight is 492 g/mol. The van der Waals surface area contributed by atoms with Crippen molar-refractivity contribution in [2.45, 2.75) is 58.2 Å². The van der Waals surface area contributed by atoms with Crippen LogP contribution in [0.5, 0.6) is 0 Å². The van der Waals surface area contributed by atoms with Crippen molar-refractivity contribution in [3.63, 3.8) is 0 Å². The van der Waals surface area contributed by atoms with Crippen molar-refractivity contribution in [2.24, 2.45) is 11.8 Å². The standard InChI is InChI=1S/C29H37N3O4/c1-4-19(5-2)26-27(34)30-25(23-16-20-10-6-7-11-21(20)17-23)29(36)32(26)18-22-12-8-9-13-24(22)28(35)31(3)14-15-33/h6-13,19,23,25-26,33H,4-5,14-18H2,1-3H3,(H,30,34)/t25-,26-/m1/s1. The SMILES string of the molecule is CCC(CC)[C@@H]1C(=O)N[C@H](C2Cc3ccccc3C2)C(=O)N1Cc1ccccc1C(=O)N(C)CCO. The highest BCUT2D eigenvalue weighted by atomic mass is 16.3. The quantitative estimate of drug-likeness (QED) is 0.565. The number of aliphatic hydroxyl groups excluding tert-OH is 1. The van der Waals surface area contributed by atoms with Crippen molar-refractivity contribution >= 4 is 17.7 Å². The fourth-order valence-electron chi connectivity index (χ4n) is 5.79. The molecule has 7 heteroatoms. The first-order valence-electron chi connectivity index (χ1n) is 13.0. The van der Waals surface area contributed by atoms with Gasteiger partial charge in [-0.15, -0.1) is 0 Å². The van der Waals surface area contributed by atoms with Gasteiger partial charge in [0, 0.05) is 25.7 Å². The van der Waals surface area contributed by atoms with E-state index in [1.165, 1.54) is 16.0 Å². The first-order valence-corrected chi connectivity index (χ1v) is 13.0. The molecule has 0 unspecified atom stereocenters. The Balaban J connectivity index is 1.66. The van der Waals surface area contributed by atoms with Crippen LogP contribution in [0, 0.1) is 11.8 Å². The van der Waals surface area contributed by atoms with E-state index in [1.54, 1.807) is 24.1 Å². The number of likely N-dealkylation sites (N-methyl/N-ethyl adjacent to an activating group) is 1. The summed E-state index contributed by atoms with van der Waals surface area (Å²) in [6.07, 6.45) is 3.07. The zero-order valence-corrected chi connectivity index (χ0v) is 21.4. The van der Waals surface area contributed by atoms with Gasteiger partial charge in [-0.05, 0) is 47.4 Å². The van der Waals surface area contributed by atoms with Crippen LogP contribution in [0.3, 0.4) is 0 Å². The maximum absolute atomic E-state index is 14.1. The van der Waals surface area contributed by atoms with E-state index in [2.05, 4.69) is 17.4 Å². The van der Waals surface area contributed by atoms with Gasteiger partial charge in [-0.25, -0.2) is 0 Å². The first kappa shape index (κ1) is 25.9. The fourth-order valence-corrected chi connectivity index (χ4v) is 5.79. The second-order valence-corrected chi connectivity index (χ2v) is 10.0. The highest BCUT2D eigenvalue weighted by Crippen LogP contribution is 2.33. The highest BCUT2D eigenvalue weighted by molar-refractivity contribution is 5.98. The number of fused-ring (bicyclic) bond motifs is 1. The monoisotopic (exact) mass is 491 g/mol. The van der Waals surface area contributed by atoms with Crippen LogP contribution >= 0.6 is 0 Å². The van der Waals surface area contributed by atoms with E-state index in [-0.39, 0.29) is 49.3 Å². The van der Waals surface area contributed by atoms with Gasteiger partial charge in [-0.3, -0.25) is 14.4 Å². The Bertz CT molecular complexity index is 1090. The van der Waals surface area contributed by atoms with Gasteiger partial charge in [0.25, 0.3) is 5.91 Å². The molecule has 0 spiro atoms. The number of aliphatic hydroxyl groups is 1. The van der Waals surface area contributed by atoms with Crippen molar-refractivity contribution in [1.82, 2.24) is 15.1 Å². The number of nitrogens with one attached hydrogen (secondary N) is 1. The summed E-state index contributed by atoms with van der Waals surface area (Å²) in [4.78, 5) is 43.9. The summed E-state index contributed by atoms with van der Waals surface area (Å²) in [6, 6.07) is 14.3. The number of amides is 3. The minimum atomic E-state index is -0.588. The van der Waals surface area contributed by atoms with E-state index in [9.17, 15) is 19.5 Å². The van der Waals surface area contributed by atoms with Crippen LogP contribution in [-0.2, 0) is 29.0 Å². The largest absolute Gasteiger partial charge is 0.395 e. The molecule has 3 amide bonds. The predicted molar refractivity (Wildman–Crippen MR) is 138 cm³/mol. The lowest BCUT2D eigenvalue weighted by Gasteiger charge is -2.44. The lowest BCUT2D eigenvalue weighted by Crippen LogP contribution is -2.66. The lowest BCUT2D eigenvalue weighted by molar-refractivity contribution is -0.154. The van der Waals surface area contributed by atoms with Gasteiger partial charge in [-0.2, -0.15) is 0 Å². The minimum absolute atomic E-state index is 0.0107. The predicted octanol–water partition coefficient (Wildman–Crippen LogP) is 2.80. The third-order valence-corrected chi connectivity index (χ3v) is 7.87. The number of carbonyl (C=O) groups excluding carboxylic acids is 3. The van der Waals surface area contributed by atoms with Crippen molar-refractivity contribution in [1.29, 1.82) is 0 Å². The van der Waals surface area contributed by atoms with Crippen molar-refractivity contribution in [3.8, 4) is 0 Å². The molecule has 2 aromatic carbocycles. The van der Waals surface area contributed by atoms with Crippen molar-refractivity contribution in [2.75, 3.05) is 20.2 Å². The Morgan fingerprint density at radius 2 is 1.67 bits per heavy atom. The van der Waals surface area contributed by atoms with E-state index in [0.29, 0.717) is 11.1 Å². The van der Waals surface area contributed by atoms with E-state index >= 15 is 0 Å². The molecule has 0 saturated carbocycles. The molecule has 4 rings (SSSR count). The summed E-state index contributed by atoms with van der Waals surface area (Å²) < 4.78 is 0. The molecule has 0 radical (unpaired) electrons. The number of carbonyl (C=O) groups is 3. The van der Waals surface area contributed by atoms with E-state index in [4.69, 9.17) is 0 Å². The van der Waals surface area contributed by atoms with E-state index in [0.717, 1.165) is 25.7 Å². The molecule has 7 nitrogen and oxygen atoms in total. The Morgan fingerprint density at radius 3 is 2.28 bits per heavy atom. The van der Waals surface area contributed by atoms with Crippen molar-refractivity contribution in [3.05, 3.63) is 70.8 Å². The fraction of sp³-hybridized carbons (Fsp3) is 0.483. The van der Waals surface area contributed by atoms with Crippen LogP contribution in [0.2, 0.25) is 0 Å². The topological polar surface area (TPSA) is 90.0 Å². The molecule has 2 aromatic rings. The van der Waals surface area contributed by atoms with Gasteiger partial charge in [0.15, 0.2) is 0 Å². The van der Waals surface area contributed by atoms with Crippen LogP contribution in [-0.4, -0.2) is 64.9 Å². The molecule has 1 fully saturated rings. The zero-order chi connectivity index (χ0) is 25.8. The van der Waals surface area contributed by atoms with Gasteiger partial charge >= 0.3 is 0 Å². The van der Waals surface area contributed by atoms with Crippen LogP contribution in [0.4, 0.5) is 0 Å². The van der Waals surface area contributed by atoms with Gasteiger partial charge < -0.3 is 20.2 Å². The summed E-state index contributed by atoms with van der Waals surface area (Å²) in [5.41, 5.74) is 3.67. The third kappa shape index (κ3) is 5.03. The smallest absolute Gasteiger partial charge is 0.254 e. The molecule has 2 N–H and O–H groups in total. The first-order chi connectivity index (χ1) is 17.4. The molecule has 36 heavy (non-hydrogen) atoms. The number of nitrogens with zero attached hydrogens (tertiary/aromatic N) is 2. The number of hydrogen-bond donors (Lipinski definition) is 2. The van der Waals surface area contributed by atoms with E-state index < -0.39 is 12.1 Å². The van der Waals surface area contributed by atoms with E-state index in [1.807, 2.05) is 38.1 Å². The molecule has 192 valence electrons. The minimum Gasteiger partial charge on any atom is -0.395 e. The zero-order valence-electron chi connectivity index (χ0n) is 21.4. The van der Waals surface area contributed by atoms with Gasteiger partial charge in [0.2, 0.25) is 11.8 Å². The van der Waals surface area contributed by atoms with Crippen LogP contribution < -0.4 is 5.32 Å². The van der Waals surface area contributed by atoms with Gasteiger partial charge in [0.05, 0.1) is 6.61 Å². The number of hydrogen-bond acceptors (Lipinski definition) is 4. The molecule has 1 heterocycles.